The van der Waals surface area contributed by atoms with Crippen LogP contribution in [0.4, 0.5) is 10.1 Å². The number of likely N-dealkylation sites (tertiary alicyclic amines) is 1. The lowest BCUT2D eigenvalue weighted by Gasteiger charge is -2.27. The van der Waals surface area contributed by atoms with E-state index in [9.17, 15) is 18.8 Å². The van der Waals surface area contributed by atoms with Gasteiger partial charge in [-0.05, 0) is 37.5 Å². The molecule has 1 saturated heterocycles. The van der Waals surface area contributed by atoms with E-state index in [1.54, 1.807) is 35.2 Å². The number of carbonyl (C=O) groups is 2. The molecule has 2 aromatic carbocycles. The van der Waals surface area contributed by atoms with Gasteiger partial charge in [-0.2, -0.15) is 0 Å². The first-order valence-electron chi connectivity index (χ1n) is 10.0. The van der Waals surface area contributed by atoms with Crippen molar-refractivity contribution in [3.05, 3.63) is 76.3 Å². The number of anilines is 1. The molecular formula is C23H22FN3O3. The smallest absolute Gasteiger partial charge is 0.254 e. The Labute approximate surface area is 172 Å². The molecule has 4 rings (SSSR count). The molecule has 1 aliphatic heterocycles. The van der Waals surface area contributed by atoms with E-state index in [4.69, 9.17) is 0 Å². The summed E-state index contributed by atoms with van der Waals surface area (Å²) in [6, 6.07) is 14.2. The number of nitrogens with one attached hydrogen (secondary N) is 1. The standard InChI is InChI=1S/C23H22FN3O3/c24-18-9-3-4-10-19(18)25-21(28)15-27-20-11-5-2-8-16(20)17(14-22(27)29)23(30)26-12-6-1-7-13-26/h2-5,8-11,14H,1,6-7,12-13,15H2,(H,25,28). The van der Waals surface area contributed by atoms with Crippen molar-refractivity contribution >= 4 is 28.4 Å². The lowest BCUT2D eigenvalue weighted by molar-refractivity contribution is -0.116. The van der Waals surface area contributed by atoms with Gasteiger partial charge in [0.2, 0.25) is 5.91 Å². The Morgan fingerprint density at radius 1 is 0.967 bits per heavy atom. The van der Waals surface area contributed by atoms with Gasteiger partial charge in [0.25, 0.3) is 11.5 Å². The van der Waals surface area contributed by atoms with E-state index in [-0.39, 0.29) is 18.1 Å². The number of benzene rings is 2. The fourth-order valence-corrected chi connectivity index (χ4v) is 3.84. The van der Waals surface area contributed by atoms with E-state index in [0.717, 1.165) is 19.3 Å². The first kappa shape index (κ1) is 19.8. The number of amides is 2. The van der Waals surface area contributed by atoms with Crippen molar-refractivity contribution in [2.24, 2.45) is 0 Å². The molecule has 0 spiro atoms. The molecule has 30 heavy (non-hydrogen) atoms. The first-order valence-corrected chi connectivity index (χ1v) is 10.0. The molecule has 0 aliphatic carbocycles. The molecule has 0 radical (unpaired) electrons. The summed E-state index contributed by atoms with van der Waals surface area (Å²) in [5.41, 5.74) is 0.451. The fourth-order valence-electron chi connectivity index (χ4n) is 3.84. The zero-order chi connectivity index (χ0) is 21.1. The maximum atomic E-state index is 13.8. The molecule has 0 unspecified atom stereocenters. The van der Waals surface area contributed by atoms with Gasteiger partial charge in [-0.25, -0.2) is 4.39 Å². The number of hydrogen-bond donors (Lipinski definition) is 1. The summed E-state index contributed by atoms with van der Waals surface area (Å²) in [6.07, 6.45) is 3.01. The number of hydrogen-bond acceptors (Lipinski definition) is 3. The summed E-state index contributed by atoms with van der Waals surface area (Å²) in [4.78, 5) is 40.1. The quantitative estimate of drug-likeness (QED) is 0.721. The normalized spacial score (nSPS) is 14.0. The zero-order valence-electron chi connectivity index (χ0n) is 16.4. The van der Waals surface area contributed by atoms with Crippen molar-refractivity contribution < 1.29 is 14.0 Å². The van der Waals surface area contributed by atoms with E-state index in [1.807, 2.05) is 0 Å². The van der Waals surface area contributed by atoms with Crippen molar-refractivity contribution in [3.8, 4) is 0 Å². The van der Waals surface area contributed by atoms with E-state index in [1.165, 1.54) is 28.8 Å². The van der Waals surface area contributed by atoms with Crippen LogP contribution in [0.15, 0.2) is 59.4 Å². The van der Waals surface area contributed by atoms with Gasteiger partial charge >= 0.3 is 0 Å². The Balaban J connectivity index is 1.67. The topological polar surface area (TPSA) is 71.4 Å². The molecule has 1 N–H and O–H groups in total. The monoisotopic (exact) mass is 407 g/mol. The van der Waals surface area contributed by atoms with Gasteiger partial charge in [-0.15, -0.1) is 0 Å². The number of carbonyl (C=O) groups excluding carboxylic acids is 2. The van der Waals surface area contributed by atoms with Crippen LogP contribution in [0.5, 0.6) is 0 Å². The summed E-state index contributed by atoms with van der Waals surface area (Å²) < 4.78 is 15.1. The van der Waals surface area contributed by atoms with Gasteiger partial charge in [-0.1, -0.05) is 30.3 Å². The fraction of sp³-hybridized carbons (Fsp3) is 0.261. The molecule has 1 aromatic heterocycles. The number of fused-ring (bicyclic) bond motifs is 1. The Bertz CT molecular complexity index is 1170. The molecule has 7 heteroatoms. The number of rotatable bonds is 4. The molecule has 1 fully saturated rings. The molecule has 2 amide bonds. The van der Waals surface area contributed by atoms with Crippen LogP contribution in [-0.2, 0) is 11.3 Å². The zero-order valence-corrected chi connectivity index (χ0v) is 16.4. The predicted molar refractivity (Wildman–Crippen MR) is 113 cm³/mol. The van der Waals surface area contributed by atoms with Crippen LogP contribution in [0.25, 0.3) is 10.9 Å². The summed E-state index contributed by atoms with van der Waals surface area (Å²) in [6.45, 7) is 1.08. The van der Waals surface area contributed by atoms with E-state index < -0.39 is 17.3 Å². The van der Waals surface area contributed by atoms with E-state index in [0.29, 0.717) is 29.6 Å². The first-order chi connectivity index (χ1) is 14.5. The largest absolute Gasteiger partial charge is 0.339 e. The SMILES string of the molecule is O=C(Cn1c(=O)cc(C(=O)N2CCCCC2)c2ccccc21)Nc1ccccc1F. The summed E-state index contributed by atoms with van der Waals surface area (Å²) in [7, 11) is 0. The van der Waals surface area contributed by atoms with Crippen LogP contribution < -0.4 is 10.9 Å². The minimum absolute atomic E-state index is 0.0525. The third-order valence-electron chi connectivity index (χ3n) is 5.34. The van der Waals surface area contributed by atoms with Crippen LogP contribution in [0.1, 0.15) is 29.6 Å². The minimum Gasteiger partial charge on any atom is -0.339 e. The Morgan fingerprint density at radius 2 is 1.67 bits per heavy atom. The summed E-state index contributed by atoms with van der Waals surface area (Å²) in [5.74, 6) is -1.24. The Morgan fingerprint density at radius 3 is 2.43 bits per heavy atom. The van der Waals surface area contributed by atoms with Gasteiger partial charge in [0, 0.05) is 24.5 Å². The highest BCUT2D eigenvalue weighted by Gasteiger charge is 2.22. The third kappa shape index (κ3) is 3.96. The lowest BCUT2D eigenvalue weighted by atomic mass is 10.0. The number of pyridine rings is 1. The second kappa shape index (κ2) is 8.49. The molecule has 0 bridgehead atoms. The van der Waals surface area contributed by atoms with Gasteiger partial charge < -0.3 is 10.2 Å². The molecule has 2 heterocycles. The lowest BCUT2D eigenvalue weighted by Crippen LogP contribution is -2.37. The Hall–Kier alpha value is -3.48. The maximum Gasteiger partial charge on any atom is 0.254 e. The van der Waals surface area contributed by atoms with Gasteiger partial charge in [-0.3, -0.25) is 19.0 Å². The minimum atomic E-state index is -0.550. The van der Waals surface area contributed by atoms with Gasteiger partial charge in [0.05, 0.1) is 16.8 Å². The highest BCUT2D eigenvalue weighted by Crippen LogP contribution is 2.21. The number of para-hydroxylation sites is 2. The maximum absolute atomic E-state index is 13.8. The molecule has 1 aliphatic rings. The number of halogens is 1. The van der Waals surface area contributed by atoms with Crippen LogP contribution >= 0.6 is 0 Å². The van der Waals surface area contributed by atoms with Gasteiger partial charge in [0.15, 0.2) is 0 Å². The van der Waals surface area contributed by atoms with E-state index in [2.05, 4.69) is 5.32 Å². The second-order valence-corrected chi connectivity index (χ2v) is 7.38. The molecule has 3 aromatic rings. The van der Waals surface area contributed by atoms with Crippen LogP contribution in [-0.4, -0.2) is 34.4 Å². The molecule has 6 nitrogen and oxygen atoms in total. The third-order valence-corrected chi connectivity index (χ3v) is 5.34. The van der Waals surface area contributed by atoms with Crippen molar-refractivity contribution in [1.82, 2.24) is 9.47 Å². The molecule has 0 saturated carbocycles. The average molecular weight is 407 g/mol. The highest BCUT2D eigenvalue weighted by atomic mass is 19.1. The average Bonchev–Trinajstić information content (AvgIpc) is 2.77. The predicted octanol–water partition coefficient (Wildman–Crippen LogP) is 3.41. The number of aromatic nitrogens is 1. The highest BCUT2D eigenvalue weighted by molar-refractivity contribution is 6.06. The summed E-state index contributed by atoms with van der Waals surface area (Å²) >= 11 is 0. The Kier molecular flexibility index (Phi) is 5.61. The van der Waals surface area contributed by atoms with Crippen molar-refractivity contribution in [1.29, 1.82) is 0 Å². The van der Waals surface area contributed by atoms with Crippen LogP contribution in [0.2, 0.25) is 0 Å². The second-order valence-electron chi connectivity index (χ2n) is 7.38. The molecule has 154 valence electrons. The van der Waals surface area contributed by atoms with Crippen LogP contribution in [0, 0.1) is 5.82 Å². The summed E-state index contributed by atoms with van der Waals surface area (Å²) in [5, 5.41) is 3.11. The number of piperidine rings is 1. The van der Waals surface area contributed by atoms with E-state index >= 15 is 0 Å². The van der Waals surface area contributed by atoms with Crippen molar-refractivity contribution in [2.45, 2.75) is 25.8 Å². The van der Waals surface area contributed by atoms with Crippen LogP contribution in [0.3, 0.4) is 0 Å². The van der Waals surface area contributed by atoms with Crippen molar-refractivity contribution in [3.63, 3.8) is 0 Å². The van der Waals surface area contributed by atoms with Crippen molar-refractivity contribution in [2.75, 3.05) is 18.4 Å². The molecular weight excluding hydrogens is 385 g/mol. The number of nitrogens with zero attached hydrogens (tertiary/aromatic N) is 2. The molecule has 0 atom stereocenters. The van der Waals surface area contributed by atoms with Gasteiger partial charge in [0.1, 0.15) is 12.4 Å².